The fourth-order valence-electron chi connectivity index (χ4n) is 2.64. The van der Waals surface area contributed by atoms with Crippen molar-refractivity contribution in [2.75, 3.05) is 6.61 Å². The third-order valence-electron chi connectivity index (χ3n) is 3.91. The van der Waals surface area contributed by atoms with Gasteiger partial charge in [-0.15, -0.1) is 0 Å². The van der Waals surface area contributed by atoms with Gasteiger partial charge >= 0.3 is 0 Å². The molecule has 7 heteroatoms. The SMILES string of the molecule is NC(=O)COc1cc(Cl)c(Cc2ccc(O)c(-c3cccnc3)c2)c(Cl)c1. The van der Waals surface area contributed by atoms with Gasteiger partial charge in [0.25, 0.3) is 5.91 Å². The molecule has 3 aromatic rings. The Kier molecular flexibility index (Phi) is 5.84. The second-order valence-corrected chi connectivity index (χ2v) is 6.70. The van der Waals surface area contributed by atoms with E-state index in [0.29, 0.717) is 33.3 Å². The number of nitrogens with two attached hydrogens (primary N) is 1. The molecule has 0 bridgehead atoms. The van der Waals surface area contributed by atoms with Gasteiger partial charge in [-0.3, -0.25) is 9.78 Å². The number of phenolic OH excluding ortho intramolecular Hbond substituents is 1. The van der Waals surface area contributed by atoms with E-state index in [2.05, 4.69) is 4.98 Å². The highest BCUT2D eigenvalue weighted by atomic mass is 35.5. The number of phenols is 1. The summed E-state index contributed by atoms with van der Waals surface area (Å²) in [5.41, 5.74) is 8.19. The number of rotatable bonds is 6. The molecule has 0 atom stereocenters. The average molecular weight is 403 g/mol. The van der Waals surface area contributed by atoms with Crippen LogP contribution in [0.1, 0.15) is 11.1 Å². The molecule has 1 aromatic heterocycles. The molecule has 5 nitrogen and oxygen atoms in total. The molecule has 0 saturated heterocycles. The maximum atomic E-state index is 10.8. The van der Waals surface area contributed by atoms with E-state index in [0.717, 1.165) is 11.1 Å². The quantitative estimate of drug-likeness (QED) is 0.646. The molecule has 0 unspecified atom stereocenters. The summed E-state index contributed by atoms with van der Waals surface area (Å²) in [6, 6.07) is 12.2. The van der Waals surface area contributed by atoms with Crippen LogP contribution in [0.5, 0.6) is 11.5 Å². The summed E-state index contributed by atoms with van der Waals surface area (Å²) in [6.45, 7) is -0.252. The summed E-state index contributed by atoms with van der Waals surface area (Å²) in [6.07, 6.45) is 3.82. The first kappa shape index (κ1) is 19.0. The van der Waals surface area contributed by atoms with E-state index < -0.39 is 5.91 Å². The van der Waals surface area contributed by atoms with Crippen molar-refractivity contribution in [3.8, 4) is 22.6 Å². The molecule has 0 radical (unpaired) electrons. The van der Waals surface area contributed by atoms with Gasteiger partial charge in [-0.05, 0) is 41.5 Å². The highest BCUT2D eigenvalue weighted by Crippen LogP contribution is 2.34. The van der Waals surface area contributed by atoms with E-state index in [4.69, 9.17) is 33.7 Å². The van der Waals surface area contributed by atoms with Gasteiger partial charge in [0.15, 0.2) is 6.61 Å². The molecule has 0 aliphatic heterocycles. The number of amides is 1. The molecule has 1 amide bonds. The highest BCUT2D eigenvalue weighted by Gasteiger charge is 2.13. The zero-order valence-electron chi connectivity index (χ0n) is 14.2. The number of hydrogen-bond donors (Lipinski definition) is 2. The minimum Gasteiger partial charge on any atom is -0.507 e. The monoisotopic (exact) mass is 402 g/mol. The lowest BCUT2D eigenvalue weighted by atomic mass is 9.99. The molecule has 2 aromatic carbocycles. The smallest absolute Gasteiger partial charge is 0.255 e. The van der Waals surface area contributed by atoms with Crippen molar-refractivity contribution in [3.05, 3.63) is 76.0 Å². The van der Waals surface area contributed by atoms with Crippen LogP contribution in [0.2, 0.25) is 10.0 Å². The standard InChI is InChI=1S/C20H16Cl2N2O3/c21-17-8-14(27-11-20(23)26)9-18(22)16(17)7-12-3-4-19(25)15(6-12)13-2-1-5-24-10-13/h1-6,8-10,25H,7,11H2,(H2,23,26). The van der Waals surface area contributed by atoms with Gasteiger partial charge in [-0.25, -0.2) is 0 Å². The number of primary amides is 1. The molecule has 27 heavy (non-hydrogen) atoms. The molecule has 138 valence electrons. The van der Waals surface area contributed by atoms with Crippen molar-refractivity contribution in [2.24, 2.45) is 5.73 Å². The number of carbonyl (C=O) groups is 1. The first-order valence-corrected chi connectivity index (χ1v) is 8.81. The van der Waals surface area contributed by atoms with Crippen LogP contribution >= 0.6 is 23.2 Å². The summed E-state index contributed by atoms with van der Waals surface area (Å²) in [5, 5.41) is 11.0. The Balaban J connectivity index is 1.88. The molecule has 3 N–H and O–H groups in total. The number of nitrogens with zero attached hydrogens (tertiary/aromatic N) is 1. The maximum Gasteiger partial charge on any atom is 0.255 e. The van der Waals surface area contributed by atoms with Crippen LogP contribution in [0.15, 0.2) is 54.9 Å². The van der Waals surface area contributed by atoms with Crippen molar-refractivity contribution in [3.63, 3.8) is 0 Å². The normalized spacial score (nSPS) is 10.6. The van der Waals surface area contributed by atoms with Crippen LogP contribution in [0.3, 0.4) is 0 Å². The van der Waals surface area contributed by atoms with E-state index in [1.165, 1.54) is 0 Å². The Morgan fingerprint density at radius 2 is 1.89 bits per heavy atom. The van der Waals surface area contributed by atoms with E-state index in [9.17, 15) is 9.90 Å². The Morgan fingerprint density at radius 1 is 1.15 bits per heavy atom. The van der Waals surface area contributed by atoms with Gasteiger partial charge in [0.05, 0.1) is 0 Å². The van der Waals surface area contributed by atoms with Crippen molar-refractivity contribution in [1.29, 1.82) is 0 Å². The lowest BCUT2D eigenvalue weighted by Gasteiger charge is -2.12. The number of halogens is 2. The third-order valence-corrected chi connectivity index (χ3v) is 4.58. The van der Waals surface area contributed by atoms with Crippen LogP contribution in [0.4, 0.5) is 0 Å². The maximum absolute atomic E-state index is 10.8. The summed E-state index contributed by atoms with van der Waals surface area (Å²) in [5.74, 6) is -0.0493. The van der Waals surface area contributed by atoms with Crippen molar-refractivity contribution in [2.45, 2.75) is 6.42 Å². The van der Waals surface area contributed by atoms with E-state index in [1.807, 2.05) is 12.1 Å². The molecule has 3 rings (SSSR count). The number of benzene rings is 2. The second kappa shape index (κ2) is 8.29. The molecule has 0 fully saturated rings. The van der Waals surface area contributed by atoms with Crippen molar-refractivity contribution in [1.82, 2.24) is 4.98 Å². The fourth-order valence-corrected chi connectivity index (χ4v) is 3.24. The number of carbonyl (C=O) groups excluding carboxylic acids is 1. The van der Waals surface area contributed by atoms with E-state index >= 15 is 0 Å². The van der Waals surface area contributed by atoms with Crippen LogP contribution in [0.25, 0.3) is 11.1 Å². The molecule has 0 saturated carbocycles. The van der Waals surface area contributed by atoms with Crippen LogP contribution in [-0.2, 0) is 11.2 Å². The van der Waals surface area contributed by atoms with Gasteiger partial charge in [0.2, 0.25) is 0 Å². The summed E-state index contributed by atoms with van der Waals surface area (Å²) >= 11 is 12.7. The Morgan fingerprint density at radius 3 is 2.52 bits per heavy atom. The van der Waals surface area contributed by atoms with Crippen molar-refractivity contribution < 1.29 is 14.6 Å². The highest BCUT2D eigenvalue weighted by molar-refractivity contribution is 6.36. The average Bonchev–Trinajstić information content (AvgIpc) is 2.65. The molecular weight excluding hydrogens is 387 g/mol. The Bertz CT molecular complexity index is 955. The predicted molar refractivity (Wildman–Crippen MR) is 105 cm³/mol. The van der Waals surface area contributed by atoms with Gasteiger partial charge in [-0.1, -0.05) is 35.3 Å². The van der Waals surface area contributed by atoms with Crippen LogP contribution in [-0.4, -0.2) is 22.6 Å². The number of hydrogen-bond acceptors (Lipinski definition) is 4. The van der Waals surface area contributed by atoms with E-state index in [-0.39, 0.29) is 12.4 Å². The summed E-state index contributed by atoms with van der Waals surface area (Å²) in [7, 11) is 0. The third kappa shape index (κ3) is 4.70. The molecule has 0 aliphatic rings. The van der Waals surface area contributed by atoms with Gasteiger partial charge in [0.1, 0.15) is 11.5 Å². The van der Waals surface area contributed by atoms with Gasteiger partial charge in [0, 0.05) is 40.0 Å². The fraction of sp³-hybridized carbons (Fsp3) is 0.100. The number of pyridine rings is 1. The molecule has 0 spiro atoms. The number of aromatic hydroxyl groups is 1. The molecular formula is C20H16Cl2N2O3. The minimum absolute atomic E-state index is 0.166. The first-order valence-electron chi connectivity index (χ1n) is 8.05. The summed E-state index contributed by atoms with van der Waals surface area (Å²) in [4.78, 5) is 14.9. The van der Waals surface area contributed by atoms with Crippen LogP contribution in [0, 0.1) is 0 Å². The number of aromatic nitrogens is 1. The summed E-state index contributed by atoms with van der Waals surface area (Å²) < 4.78 is 5.24. The van der Waals surface area contributed by atoms with E-state index in [1.54, 1.807) is 42.7 Å². The number of ether oxygens (including phenoxy) is 1. The molecule has 1 heterocycles. The van der Waals surface area contributed by atoms with Gasteiger partial charge < -0.3 is 15.6 Å². The second-order valence-electron chi connectivity index (χ2n) is 5.89. The largest absolute Gasteiger partial charge is 0.507 e. The minimum atomic E-state index is -0.585. The zero-order chi connectivity index (χ0) is 19.4. The van der Waals surface area contributed by atoms with Crippen LogP contribution < -0.4 is 10.5 Å². The zero-order valence-corrected chi connectivity index (χ0v) is 15.7. The topological polar surface area (TPSA) is 85.4 Å². The van der Waals surface area contributed by atoms with Gasteiger partial charge in [-0.2, -0.15) is 0 Å². The van der Waals surface area contributed by atoms with Crippen molar-refractivity contribution >= 4 is 29.1 Å². The Labute approximate surface area is 166 Å². The predicted octanol–water partition coefficient (Wildman–Crippen LogP) is 4.22. The molecule has 0 aliphatic carbocycles. The lowest BCUT2D eigenvalue weighted by Crippen LogP contribution is -2.20. The first-order chi connectivity index (χ1) is 12.9. The Hall–Kier alpha value is -2.76. The lowest BCUT2D eigenvalue weighted by molar-refractivity contribution is -0.119.